The summed E-state index contributed by atoms with van der Waals surface area (Å²) in [6.07, 6.45) is 4.26. The Bertz CT molecular complexity index is 481. The van der Waals surface area contributed by atoms with E-state index >= 15 is 0 Å². The van der Waals surface area contributed by atoms with E-state index in [4.69, 9.17) is 11.1 Å². The second-order valence-corrected chi connectivity index (χ2v) is 6.40. The van der Waals surface area contributed by atoms with Crippen LogP contribution < -0.4 is 10.6 Å². The molecule has 1 fully saturated rings. The van der Waals surface area contributed by atoms with E-state index in [1.165, 1.54) is 11.1 Å². The standard InChI is InChI=1S/C15H22BrN3/c1-10-8-12(9-11(2)13(10)16)19(3)15(14(17)18)6-4-5-7-15/h8-9H,4-7H2,1-3H3,(H3,17,18). The molecule has 0 atom stereocenters. The molecule has 0 amide bonds. The molecule has 0 spiro atoms. The second kappa shape index (κ2) is 5.16. The molecule has 1 aromatic carbocycles. The van der Waals surface area contributed by atoms with Crippen molar-refractivity contribution in [1.82, 2.24) is 0 Å². The molecular weight excluding hydrogens is 302 g/mol. The molecule has 0 aliphatic heterocycles. The van der Waals surface area contributed by atoms with Crippen LogP contribution in [0.3, 0.4) is 0 Å². The number of rotatable bonds is 3. The molecule has 0 saturated heterocycles. The topological polar surface area (TPSA) is 53.1 Å². The summed E-state index contributed by atoms with van der Waals surface area (Å²) in [6, 6.07) is 4.33. The Labute approximate surface area is 123 Å². The van der Waals surface area contributed by atoms with E-state index in [0.29, 0.717) is 5.84 Å². The van der Waals surface area contributed by atoms with Gasteiger partial charge in [-0.25, -0.2) is 0 Å². The highest BCUT2D eigenvalue weighted by molar-refractivity contribution is 9.10. The normalized spacial score (nSPS) is 17.5. The van der Waals surface area contributed by atoms with Crippen molar-refractivity contribution in [2.24, 2.45) is 5.73 Å². The number of hydrogen-bond donors (Lipinski definition) is 2. The number of benzene rings is 1. The van der Waals surface area contributed by atoms with Gasteiger partial charge in [0.1, 0.15) is 5.84 Å². The van der Waals surface area contributed by atoms with Gasteiger partial charge in [0.2, 0.25) is 0 Å². The van der Waals surface area contributed by atoms with Gasteiger partial charge in [0.15, 0.2) is 0 Å². The monoisotopic (exact) mass is 323 g/mol. The maximum absolute atomic E-state index is 8.00. The van der Waals surface area contributed by atoms with Gasteiger partial charge in [0.25, 0.3) is 0 Å². The van der Waals surface area contributed by atoms with E-state index in [2.05, 4.69) is 53.9 Å². The zero-order chi connectivity index (χ0) is 14.2. The molecule has 0 radical (unpaired) electrons. The average Bonchev–Trinajstić information content (AvgIpc) is 2.85. The molecule has 1 aliphatic carbocycles. The van der Waals surface area contributed by atoms with Gasteiger partial charge in [0, 0.05) is 17.2 Å². The average molecular weight is 324 g/mol. The van der Waals surface area contributed by atoms with Crippen LogP contribution in [0.1, 0.15) is 36.8 Å². The molecule has 1 aromatic rings. The van der Waals surface area contributed by atoms with Crippen molar-refractivity contribution in [3.05, 3.63) is 27.7 Å². The fraction of sp³-hybridized carbons (Fsp3) is 0.533. The summed E-state index contributed by atoms with van der Waals surface area (Å²) in [5, 5.41) is 8.00. The number of halogens is 1. The van der Waals surface area contributed by atoms with Crippen molar-refractivity contribution in [3.8, 4) is 0 Å². The van der Waals surface area contributed by atoms with Crippen molar-refractivity contribution in [1.29, 1.82) is 5.41 Å². The van der Waals surface area contributed by atoms with Gasteiger partial charge in [-0.3, -0.25) is 5.41 Å². The minimum Gasteiger partial charge on any atom is -0.386 e. The number of aryl methyl sites for hydroxylation is 2. The van der Waals surface area contributed by atoms with Crippen molar-refractivity contribution in [2.75, 3.05) is 11.9 Å². The predicted octanol–water partition coefficient (Wildman–Crippen LogP) is 3.75. The number of hydrogen-bond acceptors (Lipinski definition) is 2. The highest BCUT2D eigenvalue weighted by Crippen LogP contribution is 2.38. The molecule has 19 heavy (non-hydrogen) atoms. The number of amidine groups is 1. The van der Waals surface area contributed by atoms with Gasteiger partial charge >= 0.3 is 0 Å². The van der Waals surface area contributed by atoms with Crippen LogP contribution in [0.25, 0.3) is 0 Å². The minimum atomic E-state index is -0.285. The van der Waals surface area contributed by atoms with Crippen LogP contribution in [0.15, 0.2) is 16.6 Å². The summed E-state index contributed by atoms with van der Waals surface area (Å²) in [5.74, 6) is 0.297. The lowest BCUT2D eigenvalue weighted by Crippen LogP contribution is -2.54. The Balaban J connectivity index is 2.43. The zero-order valence-electron chi connectivity index (χ0n) is 11.9. The Morgan fingerprint density at radius 1 is 1.26 bits per heavy atom. The number of nitrogens with two attached hydrogens (primary N) is 1. The second-order valence-electron chi connectivity index (χ2n) is 5.60. The third kappa shape index (κ3) is 2.38. The molecule has 3 nitrogen and oxygen atoms in total. The molecule has 4 heteroatoms. The molecule has 3 N–H and O–H groups in total. The van der Waals surface area contributed by atoms with Gasteiger partial charge in [0.05, 0.1) is 5.54 Å². The van der Waals surface area contributed by atoms with Crippen molar-refractivity contribution < 1.29 is 0 Å². The zero-order valence-corrected chi connectivity index (χ0v) is 13.5. The summed E-state index contributed by atoms with van der Waals surface area (Å²) >= 11 is 3.60. The van der Waals surface area contributed by atoms with Crippen LogP contribution in [0, 0.1) is 19.3 Å². The van der Waals surface area contributed by atoms with Crippen molar-refractivity contribution in [2.45, 2.75) is 45.1 Å². The summed E-state index contributed by atoms with van der Waals surface area (Å²) in [6.45, 7) is 4.20. The predicted molar refractivity (Wildman–Crippen MR) is 85.1 cm³/mol. The molecule has 2 rings (SSSR count). The van der Waals surface area contributed by atoms with Gasteiger partial charge in [-0.2, -0.15) is 0 Å². The largest absolute Gasteiger partial charge is 0.386 e. The van der Waals surface area contributed by atoms with Crippen LogP contribution in [-0.2, 0) is 0 Å². The fourth-order valence-electron chi connectivity index (χ4n) is 3.11. The van der Waals surface area contributed by atoms with Crippen LogP contribution in [-0.4, -0.2) is 18.4 Å². The molecule has 0 unspecified atom stereocenters. The first-order chi connectivity index (χ1) is 8.88. The molecule has 0 aromatic heterocycles. The Morgan fingerprint density at radius 3 is 2.16 bits per heavy atom. The third-order valence-corrected chi connectivity index (χ3v) is 5.63. The molecule has 0 heterocycles. The first-order valence-corrected chi connectivity index (χ1v) is 7.53. The van der Waals surface area contributed by atoms with E-state index in [9.17, 15) is 0 Å². The van der Waals surface area contributed by atoms with E-state index in [-0.39, 0.29) is 5.54 Å². The Hall–Kier alpha value is -1.03. The molecule has 1 aliphatic rings. The van der Waals surface area contributed by atoms with Gasteiger partial charge < -0.3 is 10.6 Å². The van der Waals surface area contributed by atoms with Gasteiger partial charge in [-0.15, -0.1) is 0 Å². The van der Waals surface area contributed by atoms with E-state index < -0.39 is 0 Å². The lowest BCUT2D eigenvalue weighted by molar-refractivity contribution is 0.542. The van der Waals surface area contributed by atoms with Gasteiger partial charge in [-0.05, 0) is 49.9 Å². The highest BCUT2D eigenvalue weighted by atomic mass is 79.9. The SMILES string of the molecule is Cc1cc(N(C)C2(C(=N)N)CCCC2)cc(C)c1Br. The summed E-state index contributed by atoms with van der Waals surface area (Å²) in [4.78, 5) is 2.20. The summed E-state index contributed by atoms with van der Waals surface area (Å²) in [5.41, 5.74) is 9.21. The molecule has 104 valence electrons. The van der Waals surface area contributed by atoms with E-state index in [0.717, 1.165) is 35.8 Å². The minimum absolute atomic E-state index is 0.285. The van der Waals surface area contributed by atoms with Crippen LogP contribution in [0.2, 0.25) is 0 Å². The number of anilines is 1. The number of nitrogens with one attached hydrogen (secondary N) is 1. The lowest BCUT2D eigenvalue weighted by Gasteiger charge is -2.40. The van der Waals surface area contributed by atoms with Crippen LogP contribution in [0.4, 0.5) is 5.69 Å². The number of nitrogens with zero attached hydrogens (tertiary/aromatic N) is 1. The first kappa shape index (κ1) is 14.4. The number of likely N-dealkylation sites (N-methyl/N-ethyl adjacent to an activating group) is 1. The Kier molecular flexibility index (Phi) is 3.90. The van der Waals surface area contributed by atoms with Crippen molar-refractivity contribution >= 4 is 27.5 Å². The fourth-order valence-corrected chi connectivity index (χ4v) is 3.34. The molecular formula is C15H22BrN3. The third-order valence-electron chi connectivity index (χ3n) is 4.38. The summed E-state index contributed by atoms with van der Waals surface area (Å²) < 4.78 is 1.16. The quantitative estimate of drug-likeness (QED) is 0.657. The maximum Gasteiger partial charge on any atom is 0.117 e. The highest BCUT2D eigenvalue weighted by Gasteiger charge is 2.41. The maximum atomic E-state index is 8.00. The van der Waals surface area contributed by atoms with Crippen LogP contribution >= 0.6 is 15.9 Å². The van der Waals surface area contributed by atoms with E-state index in [1.807, 2.05) is 0 Å². The van der Waals surface area contributed by atoms with Gasteiger partial charge in [-0.1, -0.05) is 28.8 Å². The Morgan fingerprint density at radius 2 is 1.74 bits per heavy atom. The lowest BCUT2D eigenvalue weighted by atomic mass is 9.93. The van der Waals surface area contributed by atoms with Crippen molar-refractivity contribution in [3.63, 3.8) is 0 Å². The molecule has 0 bridgehead atoms. The molecule has 1 saturated carbocycles. The van der Waals surface area contributed by atoms with E-state index in [1.54, 1.807) is 0 Å². The smallest absolute Gasteiger partial charge is 0.117 e. The first-order valence-electron chi connectivity index (χ1n) is 6.73. The van der Waals surface area contributed by atoms with Crippen LogP contribution in [0.5, 0.6) is 0 Å². The summed E-state index contributed by atoms with van der Waals surface area (Å²) in [7, 11) is 2.06.